The molecule has 0 bridgehead atoms. The lowest BCUT2D eigenvalue weighted by Gasteiger charge is -2.36. The SMILES string of the molecule is C/C=C(/c1ccc(N2CCN(C(=O)[C@H](O)C(C)C)CC2)nc1)c1c(C#N)cnn1C(C)C. The number of rotatable bonds is 6. The van der Waals surface area contributed by atoms with Crippen molar-refractivity contribution in [1.29, 1.82) is 5.26 Å². The third-order valence-electron chi connectivity index (χ3n) is 5.81. The van der Waals surface area contributed by atoms with Crippen molar-refractivity contribution >= 4 is 17.3 Å². The molecule has 0 saturated carbocycles. The molecule has 8 heteroatoms. The van der Waals surface area contributed by atoms with Crippen molar-refractivity contribution in [2.24, 2.45) is 5.92 Å². The van der Waals surface area contributed by atoms with Crippen LogP contribution in [0.25, 0.3) is 5.57 Å². The van der Waals surface area contributed by atoms with E-state index in [4.69, 9.17) is 0 Å². The molecule has 0 aromatic carbocycles. The van der Waals surface area contributed by atoms with E-state index in [1.807, 2.05) is 63.7 Å². The number of allylic oxidation sites excluding steroid dienone is 1. The predicted molar refractivity (Wildman–Crippen MR) is 124 cm³/mol. The lowest BCUT2D eigenvalue weighted by atomic mass is 10.0. The Morgan fingerprint density at radius 3 is 2.34 bits per heavy atom. The average Bonchev–Trinajstić information content (AvgIpc) is 3.23. The molecule has 3 heterocycles. The van der Waals surface area contributed by atoms with Crippen LogP contribution < -0.4 is 4.90 Å². The van der Waals surface area contributed by atoms with E-state index in [2.05, 4.69) is 21.1 Å². The second kappa shape index (κ2) is 9.96. The first-order valence-electron chi connectivity index (χ1n) is 11.1. The molecule has 0 spiro atoms. The van der Waals surface area contributed by atoms with Crippen LogP contribution in [0.5, 0.6) is 0 Å². The summed E-state index contributed by atoms with van der Waals surface area (Å²) < 4.78 is 1.86. The number of aliphatic hydroxyl groups excluding tert-OH is 1. The molecule has 170 valence electrons. The summed E-state index contributed by atoms with van der Waals surface area (Å²) in [6.07, 6.45) is 4.47. The molecule has 1 fully saturated rings. The van der Waals surface area contributed by atoms with Gasteiger partial charge in [-0.15, -0.1) is 0 Å². The molecule has 1 N–H and O–H groups in total. The Hall–Kier alpha value is -3.18. The molecule has 1 amide bonds. The fraction of sp³-hybridized carbons (Fsp3) is 0.500. The maximum Gasteiger partial charge on any atom is 0.251 e. The number of piperazine rings is 1. The van der Waals surface area contributed by atoms with E-state index in [9.17, 15) is 15.2 Å². The van der Waals surface area contributed by atoms with Crippen LogP contribution in [-0.4, -0.2) is 63.0 Å². The number of anilines is 1. The van der Waals surface area contributed by atoms with Gasteiger partial charge in [-0.1, -0.05) is 19.9 Å². The molecule has 1 aliphatic heterocycles. The maximum absolute atomic E-state index is 12.4. The number of carbonyl (C=O) groups excluding carboxylic acids is 1. The zero-order valence-corrected chi connectivity index (χ0v) is 19.5. The second-order valence-electron chi connectivity index (χ2n) is 8.67. The largest absolute Gasteiger partial charge is 0.383 e. The Morgan fingerprint density at radius 1 is 1.16 bits per heavy atom. The van der Waals surface area contributed by atoms with Gasteiger partial charge in [-0.3, -0.25) is 9.48 Å². The molecule has 1 atom stereocenters. The van der Waals surface area contributed by atoms with Crippen LogP contribution in [0.4, 0.5) is 5.82 Å². The summed E-state index contributed by atoms with van der Waals surface area (Å²) in [4.78, 5) is 20.9. The lowest BCUT2D eigenvalue weighted by molar-refractivity contribution is -0.142. The molecule has 8 nitrogen and oxygen atoms in total. The topological polar surface area (TPSA) is 98.3 Å². The van der Waals surface area contributed by atoms with Crippen LogP contribution in [-0.2, 0) is 4.79 Å². The summed E-state index contributed by atoms with van der Waals surface area (Å²) in [5.74, 6) is 0.554. The van der Waals surface area contributed by atoms with Gasteiger partial charge in [0, 0.05) is 49.6 Å². The van der Waals surface area contributed by atoms with Crippen LogP contribution in [0.3, 0.4) is 0 Å². The van der Waals surface area contributed by atoms with Crippen molar-refractivity contribution in [3.8, 4) is 6.07 Å². The van der Waals surface area contributed by atoms with Gasteiger partial charge in [0.1, 0.15) is 18.0 Å². The van der Waals surface area contributed by atoms with Gasteiger partial charge in [0.2, 0.25) is 0 Å². The van der Waals surface area contributed by atoms with Crippen LogP contribution >= 0.6 is 0 Å². The zero-order chi connectivity index (χ0) is 23.4. The average molecular weight is 437 g/mol. The van der Waals surface area contributed by atoms with Gasteiger partial charge >= 0.3 is 0 Å². The summed E-state index contributed by atoms with van der Waals surface area (Å²) >= 11 is 0. The first-order valence-corrected chi connectivity index (χ1v) is 11.1. The first-order chi connectivity index (χ1) is 15.3. The van der Waals surface area contributed by atoms with Crippen LogP contribution in [0.1, 0.15) is 57.5 Å². The zero-order valence-electron chi connectivity index (χ0n) is 19.5. The predicted octanol–water partition coefficient (Wildman–Crippen LogP) is 2.85. The number of carbonyl (C=O) groups is 1. The number of amides is 1. The maximum atomic E-state index is 12.4. The molecular formula is C24H32N6O2. The van der Waals surface area contributed by atoms with E-state index in [0.717, 1.165) is 22.6 Å². The van der Waals surface area contributed by atoms with Crippen molar-refractivity contribution < 1.29 is 9.90 Å². The molecule has 0 aliphatic carbocycles. The molecule has 3 rings (SSSR count). The number of pyridine rings is 1. The van der Waals surface area contributed by atoms with E-state index in [0.29, 0.717) is 31.7 Å². The van der Waals surface area contributed by atoms with E-state index >= 15 is 0 Å². The minimum absolute atomic E-state index is 0.0934. The van der Waals surface area contributed by atoms with Crippen molar-refractivity contribution in [2.45, 2.75) is 46.8 Å². The summed E-state index contributed by atoms with van der Waals surface area (Å²) in [5.41, 5.74) is 3.18. The lowest BCUT2D eigenvalue weighted by Crippen LogP contribution is -2.52. The molecule has 32 heavy (non-hydrogen) atoms. The van der Waals surface area contributed by atoms with E-state index in [1.54, 1.807) is 11.1 Å². The Labute approximate surface area is 189 Å². The quantitative estimate of drug-likeness (QED) is 0.748. The van der Waals surface area contributed by atoms with Gasteiger partial charge in [-0.2, -0.15) is 10.4 Å². The Balaban J connectivity index is 1.74. The molecular weight excluding hydrogens is 404 g/mol. The molecule has 1 saturated heterocycles. The first kappa shape index (κ1) is 23.5. The van der Waals surface area contributed by atoms with Gasteiger partial charge in [0.15, 0.2) is 0 Å². The minimum Gasteiger partial charge on any atom is -0.383 e. The number of hydrogen-bond donors (Lipinski definition) is 1. The number of nitrogens with zero attached hydrogens (tertiary/aromatic N) is 6. The fourth-order valence-electron chi connectivity index (χ4n) is 3.90. The Kier molecular flexibility index (Phi) is 7.31. The minimum atomic E-state index is -0.948. The van der Waals surface area contributed by atoms with E-state index in [-0.39, 0.29) is 17.9 Å². The highest BCUT2D eigenvalue weighted by atomic mass is 16.3. The molecule has 2 aromatic heterocycles. The monoisotopic (exact) mass is 436 g/mol. The van der Waals surface area contributed by atoms with Crippen molar-refractivity contribution in [3.05, 3.63) is 47.4 Å². The van der Waals surface area contributed by atoms with Gasteiger partial charge in [0.05, 0.1) is 17.5 Å². The van der Waals surface area contributed by atoms with Gasteiger partial charge in [-0.25, -0.2) is 4.98 Å². The molecule has 1 aliphatic rings. The van der Waals surface area contributed by atoms with Crippen molar-refractivity contribution in [2.75, 3.05) is 31.1 Å². The summed E-state index contributed by atoms with van der Waals surface area (Å²) in [6, 6.07) is 6.36. The van der Waals surface area contributed by atoms with Crippen molar-refractivity contribution in [1.82, 2.24) is 19.7 Å². The number of hydrogen-bond acceptors (Lipinski definition) is 6. The van der Waals surface area contributed by atoms with E-state index in [1.165, 1.54) is 0 Å². The summed E-state index contributed by atoms with van der Waals surface area (Å²) in [7, 11) is 0. The highest BCUT2D eigenvalue weighted by molar-refractivity contribution is 5.81. The van der Waals surface area contributed by atoms with Gasteiger partial charge in [0.25, 0.3) is 5.91 Å². The number of aliphatic hydroxyl groups is 1. The van der Waals surface area contributed by atoms with Crippen LogP contribution in [0, 0.1) is 17.2 Å². The number of aromatic nitrogens is 3. The molecule has 2 aromatic rings. The van der Waals surface area contributed by atoms with Gasteiger partial charge in [-0.05, 0) is 38.8 Å². The third-order valence-corrected chi connectivity index (χ3v) is 5.81. The third kappa shape index (κ3) is 4.68. The molecule has 0 radical (unpaired) electrons. The second-order valence-corrected chi connectivity index (χ2v) is 8.67. The highest BCUT2D eigenvalue weighted by Gasteiger charge is 2.28. The summed E-state index contributed by atoms with van der Waals surface area (Å²) in [5, 5.41) is 24.0. The highest BCUT2D eigenvalue weighted by Crippen LogP contribution is 2.29. The fourth-order valence-corrected chi connectivity index (χ4v) is 3.90. The normalized spacial score (nSPS) is 15.9. The molecule has 0 unspecified atom stereocenters. The summed E-state index contributed by atoms with van der Waals surface area (Å²) in [6.45, 7) is 12.2. The number of nitriles is 1. The Bertz CT molecular complexity index is 1010. The van der Waals surface area contributed by atoms with Crippen LogP contribution in [0.15, 0.2) is 30.6 Å². The van der Waals surface area contributed by atoms with E-state index < -0.39 is 6.10 Å². The Morgan fingerprint density at radius 2 is 1.84 bits per heavy atom. The smallest absolute Gasteiger partial charge is 0.251 e. The van der Waals surface area contributed by atoms with Gasteiger partial charge < -0.3 is 14.9 Å². The van der Waals surface area contributed by atoms with Crippen LogP contribution in [0.2, 0.25) is 0 Å². The van der Waals surface area contributed by atoms with Crippen molar-refractivity contribution in [3.63, 3.8) is 0 Å². The standard InChI is InChI=1S/C24H32N6O2/c1-6-20(22-19(13-25)15-27-30(22)17(4)5)18-7-8-21(26-14-18)28-9-11-29(12-10-28)24(32)23(31)16(2)3/h6-8,14-17,23,31H,9-12H2,1-5H3/b20-6-/t23-/m1/s1.